The third-order valence-corrected chi connectivity index (χ3v) is 2.00. The highest BCUT2D eigenvalue weighted by Crippen LogP contribution is 2.30. The molecule has 0 bridgehead atoms. The zero-order chi connectivity index (χ0) is 12.7. The second kappa shape index (κ2) is 3.61. The summed E-state index contributed by atoms with van der Waals surface area (Å²) in [5.41, 5.74) is -1.72. The van der Waals surface area contributed by atoms with E-state index in [0.717, 1.165) is 10.7 Å². The third kappa shape index (κ3) is 2.43. The van der Waals surface area contributed by atoms with Gasteiger partial charge in [0.15, 0.2) is 11.5 Å². The lowest BCUT2D eigenvalue weighted by atomic mass is 10.1. The van der Waals surface area contributed by atoms with Crippen molar-refractivity contribution >= 4 is 5.78 Å². The van der Waals surface area contributed by atoms with Gasteiger partial charge in [0.05, 0.1) is 5.54 Å². The Balaban J connectivity index is 3.38. The average Bonchev–Trinajstić information content (AvgIpc) is 2.44. The van der Waals surface area contributed by atoms with Crippen LogP contribution >= 0.6 is 0 Å². The van der Waals surface area contributed by atoms with Crippen molar-refractivity contribution < 1.29 is 18.0 Å². The fourth-order valence-electron chi connectivity index (χ4n) is 1.28. The Labute approximate surface area is 91.3 Å². The molecule has 0 fully saturated rings. The number of aromatic nitrogens is 2. The molecular weight excluding hydrogens is 221 g/mol. The molecule has 0 aliphatic carbocycles. The summed E-state index contributed by atoms with van der Waals surface area (Å²) in [7, 11) is 0. The summed E-state index contributed by atoms with van der Waals surface area (Å²) in [5, 5.41) is 3.44. The van der Waals surface area contributed by atoms with Crippen molar-refractivity contribution in [3.63, 3.8) is 0 Å². The van der Waals surface area contributed by atoms with Crippen LogP contribution in [0.15, 0.2) is 6.07 Å². The number of ketones is 1. The lowest BCUT2D eigenvalue weighted by molar-refractivity contribution is -0.141. The highest BCUT2D eigenvalue weighted by atomic mass is 19.4. The summed E-state index contributed by atoms with van der Waals surface area (Å²) in [6, 6.07) is 0.785. The van der Waals surface area contributed by atoms with Crippen molar-refractivity contribution in [2.75, 3.05) is 0 Å². The molecule has 0 saturated carbocycles. The standard InChI is InChI=1S/C10H13F3N2O/c1-6(16)7-5-8(10(11,12)13)14-15(7)9(2,3)4/h5H,1-4H3. The lowest BCUT2D eigenvalue weighted by Crippen LogP contribution is -2.27. The van der Waals surface area contributed by atoms with Crippen LogP contribution in [0.3, 0.4) is 0 Å². The Morgan fingerprint density at radius 3 is 2.06 bits per heavy atom. The van der Waals surface area contributed by atoms with Crippen LogP contribution in [0, 0.1) is 0 Å². The van der Waals surface area contributed by atoms with E-state index in [9.17, 15) is 18.0 Å². The van der Waals surface area contributed by atoms with E-state index in [4.69, 9.17) is 0 Å². The van der Waals surface area contributed by atoms with Gasteiger partial charge in [0.1, 0.15) is 5.69 Å². The fraction of sp³-hybridized carbons (Fsp3) is 0.600. The van der Waals surface area contributed by atoms with Crippen LogP contribution in [-0.4, -0.2) is 15.6 Å². The van der Waals surface area contributed by atoms with Crippen LogP contribution in [0.1, 0.15) is 43.9 Å². The molecule has 0 aliphatic rings. The van der Waals surface area contributed by atoms with Crippen LogP contribution in [0.25, 0.3) is 0 Å². The van der Waals surface area contributed by atoms with Gasteiger partial charge in [-0.05, 0) is 26.8 Å². The topological polar surface area (TPSA) is 34.9 Å². The van der Waals surface area contributed by atoms with Crippen molar-refractivity contribution in [2.24, 2.45) is 0 Å². The molecule has 0 saturated heterocycles. The molecule has 0 aromatic carbocycles. The Kier molecular flexibility index (Phi) is 2.87. The third-order valence-electron chi connectivity index (χ3n) is 2.00. The van der Waals surface area contributed by atoms with Gasteiger partial charge in [-0.15, -0.1) is 0 Å². The summed E-state index contributed by atoms with van der Waals surface area (Å²) >= 11 is 0. The first-order chi connectivity index (χ1) is 7.03. The zero-order valence-corrected chi connectivity index (χ0v) is 9.51. The lowest BCUT2D eigenvalue weighted by Gasteiger charge is -2.21. The van der Waals surface area contributed by atoms with Gasteiger partial charge < -0.3 is 0 Å². The van der Waals surface area contributed by atoms with E-state index >= 15 is 0 Å². The molecule has 0 spiro atoms. The number of carbonyl (C=O) groups excluding carboxylic acids is 1. The highest BCUT2D eigenvalue weighted by Gasteiger charge is 2.36. The van der Waals surface area contributed by atoms with E-state index in [-0.39, 0.29) is 5.69 Å². The first-order valence-electron chi connectivity index (χ1n) is 4.72. The minimum absolute atomic E-state index is 0.0279. The molecule has 0 aliphatic heterocycles. The molecule has 1 heterocycles. The molecule has 1 aromatic heterocycles. The van der Waals surface area contributed by atoms with E-state index in [1.165, 1.54) is 6.92 Å². The first kappa shape index (κ1) is 12.7. The van der Waals surface area contributed by atoms with Gasteiger partial charge in [0, 0.05) is 6.92 Å². The van der Waals surface area contributed by atoms with Crippen LogP contribution in [0.4, 0.5) is 13.2 Å². The predicted molar refractivity (Wildman–Crippen MR) is 52.2 cm³/mol. The van der Waals surface area contributed by atoms with Crippen molar-refractivity contribution in [1.82, 2.24) is 9.78 Å². The van der Waals surface area contributed by atoms with Gasteiger partial charge in [-0.25, -0.2) is 0 Å². The van der Waals surface area contributed by atoms with E-state index in [0.29, 0.717) is 0 Å². The van der Waals surface area contributed by atoms with Gasteiger partial charge in [0.25, 0.3) is 0 Å². The molecule has 1 aromatic rings. The molecular formula is C10H13F3N2O. The second-order valence-corrected chi connectivity index (χ2v) is 4.55. The van der Waals surface area contributed by atoms with E-state index in [2.05, 4.69) is 5.10 Å². The maximum absolute atomic E-state index is 12.4. The molecule has 0 atom stereocenters. The summed E-state index contributed by atoms with van der Waals surface area (Å²) in [6.07, 6.45) is -4.53. The van der Waals surface area contributed by atoms with Crippen molar-refractivity contribution in [2.45, 2.75) is 39.4 Å². The van der Waals surface area contributed by atoms with E-state index < -0.39 is 23.2 Å². The molecule has 90 valence electrons. The fourth-order valence-corrected chi connectivity index (χ4v) is 1.28. The SMILES string of the molecule is CC(=O)c1cc(C(F)(F)F)nn1C(C)(C)C. The molecule has 1 rings (SSSR count). The quantitative estimate of drug-likeness (QED) is 0.700. The number of alkyl halides is 3. The molecule has 0 unspecified atom stereocenters. The summed E-state index contributed by atoms with van der Waals surface area (Å²) in [6.45, 7) is 6.28. The molecule has 16 heavy (non-hydrogen) atoms. The van der Waals surface area contributed by atoms with Gasteiger partial charge in [0.2, 0.25) is 0 Å². The first-order valence-corrected chi connectivity index (χ1v) is 4.72. The maximum Gasteiger partial charge on any atom is 0.435 e. The molecule has 0 amide bonds. The van der Waals surface area contributed by atoms with Crippen LogP contribution < -0.4 is 0 Å². The van der Waals surface area contributed by atoms with Crippen molar-refractivity contribution in [3.05, 3.63) is 17.5 Å². The number of hydrogen-bond donors (Lipinski definition) is 0. The van der Waals surface area contributed by atoms with Crippen molar-refractivity contribution in [3.8, 4) is 0 Å². The molecule has 0 radical (unpaired) electrons. The normalized spacial score (nSPS) is 12.9. The Bertz CT molecular complexity index is 413. The van der Waals surface area contributed by atoms with E-state index in [1.807, 2.05) is 0 Å². The Morgan fingerprint density at radius 2 is 1.81 bits per heavy atom. The van der Waals surface area contributed by atoms with Gasteiger partial charge in [-0.2, -0.15) is 18.3 Å². The average molecular weight is 234 g/mol. The van der Waals surface area contributed by atoms with Gasteiger partial charge in [-0.1, -0.05) is 0 Å². The number of carbonyl (C=O) groups is 1. The van der Waals surface area contributed by atoms with Crippen LogP contribution in [-0.2, 0) is 11.7 Å². The minimum Gasteiger partial charge on any atom is -0.293 e. The van der Waals surface area contributed by atoms with Crippen LogP contribution in [0.5, 0.6) is 0 Å². The number of Topliss-reactive ketones (excluding diaryl/α,β-unsaturated/α-hetero) is 1. The van der Waals surface area contributed by atoms with Crippen molar-refractivity contribution in [1.29, 1.82) is 0 Å². The van der Waals surface area contributed by atoms with Crippen LogP contribution in [0.2, 0.25) is 0 Å². The Hall–Kier alpha value is -1.33. The molecule has 6 heteroatoms. The number of rotatable bonds is 1. The summed E-state index contributed by atoms with van der Waals surface area (Å²) in [4.78, 5) is 11.2. The largest absolute Gasteiger partial charge is 0.435 e. The number of hydrogen-bond acceptors (Lipinski definition) is 2. The van der Waals surface area contributed by atoms with E-state index in [1.54, 1.807) is 20.8 Å². The highest BCUT2D eigenvalue weighted by molar-refractivity contribution is 5.92. The minimum atomic E-state index is -4.53. The zero-order valence-electron chi connectivity index (χ0n) is 9.51. The summed E-state index contributed by atoms with van der Waals surface area (Å²) < 4.78 is 38.4. The molecule has 0 N–H and O–H groups in total. The smallest absolute Gasteiger partial charge is 0.293 e. The summed E-state index contributed by atoms with van der Waals surface area (Å²) in [5.74, 6) is -0.432. The second-order valence-electron chi connectivity index (χ2n) is 4.55. The van der Waals surface area contributed by atoms with Gasteiger partial charge in [-0.3, -0.25) is 9.48 Å². The Morgan fingerprint density at radius 1 is 1.31 bits per heavy atom. The number of halogens is 3. The molecule has 3 nitrogen and oxygen atoms in total. The number of nitrogens with zero attached hydrogens (tertiary/aromatic N) is 2. The monoisotopic (exact) mass is 234 g/mol. The van der Waals surface area contributed by atoms with Gasteiger partial charge >= 0.3 is 6.18 Å². The maximum atomic E-state index is 12.4. The predicted octanol–water partition coefficient (Wildman–Crippen LogP) is 2.86.